The molecule has 3 amide bonds. The zero-order valence-corrected chi connectivity index (χ0v) is 14.5. The smallest absolute Gasteiger partial charge is 0.321 e. The lowest BCUT2D eigenvalue weighted by Gasteiger charge is -2.10. The van der Waals surface area contributed by atoms with Crippen LogP contribution in [0.3, 0.4) is 0 Å². The SMILES string of the molecule is CCc1ccccc1NC(=O)CNC(=O)Nc1nc2ccccc2s1. The molecule has 0 saturated heterocycles. The van der Waals surface area contributed by atoms with Crippen molar-refractivity contribution in [2.75, 3.05) is 17.2 Å². The van der Waals surface area contributed by atoms with Crippen LogP contribution < -0.4 is 16.0 Å². The highest BCUT2D eigenvalue weighted by Crippen LogP contribution is 2.25. The fraction of sp³-hybridized carbons (Fsp3) is 0.167. The summed E-state index contributed by atoms with van der Waals surface area (Å²) in [6.45, 7) is 1.91. The van der Waals surface area contributed by atoms with Crippen LogP contribution in [0.25, 0.3) is 10.2 Å². The number of anilines is 2. The summed E-state index contributed by atoms with van der Waals surface area (Å²) in [5.74, 6) is -0.277. The minimum atomic E-state index is -0.460. The van der Waals surface area contributed by atoms with Crippen molar-refractivity contribution in [3.8, 4) is 0 Å². The second-order valence-corrected chi connectivity index (χ2v) is 6.38. The molecule has 25 heavy (non-hydrogen) atoms. The van der Waals surface area contributed by atoms with E-state index >= 15 is 0 Å². The molecule has 0 aliphatic carbocycles. The Balaban J connectivity index is 1.52. The van der Waals surface area contributed by atoms with E-state index in [1.807, 2.05) is 55.5 Å². The maximum Gasteiger partial charge on any atom is 0.321 e. The zero-order chi connectivity index (χ0) is 17.6. The lowest BCUT2D eigenvalue weighted by Crippen LogP contribution is -2.35. The van der Waals surface area contributed by atoms with Crippen molar-refractivity contribution in [1.29, 1.82) is 0 Å². The summed E-state index contributed by atoms with van der Waals surface area (Å²) in [4.78, 5) is 28.3. The first-order valence-corrected chi connectivity index (χ1v) is 8.75. The third kappa shape index (κ3) is 4.33. The summed E-state index contributed by atoms with van der Waals surface area (Å²) in [5, 5.41) is 8.49. The van der Waals surface area contributed by atoms with Gasteiger partial charge in [-0.2, -0.15) is 0 Å². The number of nitrogens with zero attached hydrogens (tertiary/aromatic N) is 1. The molecule has 0 aliphatic heterocycles. The van der Waals surface area contributed by atoms with Gasteiger partial charge in [0.1, 0.15) is 0 Å². The van der Waals surface area contributed by atoms with Gasteiger partial charge in [-0.15, -0.1) is 0 Å². The topological polar surface area (TPSA) is 83.1 Å². The molecule has 1 heterocycles. The van der Waals surface area contributed by atoms with Crippen LogP contribution in [0.5, 0.6) is 0 Å². The number of urea groups is 1. The Morgan fingerprint density at radius 1 is 1.04 bits per heavy atom. The van der Waals surface area contributed by atoms with E-state index in [1.54, 1.807) is 0 Å². The van der Waals surface area contributed by atoms with Crippen molar-refractivity contribution in [3.63, 3.8) is 0 Å². The average molecular weight is 354 g/mol. The molecule has 3 N–H and O–H groups in total. The summed E-state index contributed by atoms with van der Waals surface area (Å²) in [6, 6.07) is 14.8. The van der Waals surface area contributed by atoms with E-state index in [9.17, 15) is 9.59 Å². The van der Waals surface area contributed by atoms with Crippen molar-refractivity contribution >= 4 is 44.3 Å². The van der Waals surface area contributed by atoms with Gasteiger partial charge in [0.15, 0.2) is 5.13 Å². The summed E-state index contributed by atoms with van der Waals surface area (Å²) >= 11 is 1.38. The highest BCUT2D eigenvalue weighted by molar-refractivity contribution is 7.22. The average Bonchev–Trinajstić information content (AvgIpc) is 3.02. The molecule has 0 spiro atoms. The van der Waals surface area contributed by atoms with E-state index in [-0.39, 0.29) is 12.5 Å². The second kappa shape index (κ2) is 7.76. The summed E-state index contributed by atoms with van der Waals surface area (Å²) < 4.78 is 0.992. The number of hydrogen-bond donors (Lipinski definition) is 3. The van der Waals surface area contributed by atoms with Crippen LogP contribution in [0, 0.1) is 0 Å². The van der Waals surface area contributed by atoms with Crippen LogP contribution in [-0.4, -0.2) is 23.5 Å². The summed E-state index contributed by atoms with van der Waals surface area (Å²) in [6.07, 6.45) is 0.821. The van der Waals surface area contributed by atoms with Gasteiger partial charge >= 0.3 is 6.03 Å². The number of aryl methyl sites for hydroxylation is 1. The molecule has 1 aromatic heterocycles. The van der Waals surface area contributed by atoms with E-state index in [4.69, 9.17) is 0 Å². The number of carbonyl (C=O) groups excluding carboxylic acids is 2. The molecule has 0 bridgehead atoms. The van der Waals surface area contributed by atoms with E-state index < -0.39 is 6.03 Å². The van der Waals surface area contributed by atoms with Gasteiger partial charge in [-0.3, -0.25) is 10.1 Å². The molecule has 128 valence electrons. The lowest BCUT2D eigenvalue weighted by atomic mass is 10.1. The van der Waals surface area contributed by atoms with Gasteiger partial charge < -0.3 is 10.6 Å². The number of hydrogen-bond acceptors (Lipinski definition) is 4. The molecular formula is C18H18N4O2S. The van der Waals surface area contributed by atoms with Crippen LogP contribution in [0.1, 0.15) is 12.5 Å². The van der Waals surface area contributed by atoms with Gasteiger partial charge in [0.05, 0.1) is 16.8 Å². The minimum Gasteiger partial charge on any atom is -0.329 e. The van der Waals surface area contributed by atoms with Crippen molar-refractivity contribution < 1.29 is 9.59 Å². The Morgan fingerprint density at radius 3 is 2.60 bits per heavy atom. The van der Waals surface area contributed by atoms with E-state index in [1.165, 1.54) is 11.3 Å². The second-order valence-electron chi connectivity index (χ2n) is 5.35. The fourth-order valence-electron chi connectivity index (χ4n) is 2.37. The molecule has 0 atom stereocenters. The van der Waals surface area contributed by atoms with Crippen LogP contribution in [0.2, 0.25) is 0 Å². The number of para-hydroxylation sites is 2. The Hall–Kier alpha value is -2.93. The molecule has 0 aliphatic rings. The maximum absolute atomic E-state index is 12.0. The number of thiazole rings is 1. The highest BCUT2D eigenvalue weighted by Gasteiger charge is 2.10. The zero-order valence-electron chi connectivity index (χ0n) is 13.7. The molecular weight excluding hydrogens is 336 g/mol. The number of fused-ring (bicyclic) bond motifs is 1. The minimum absolute atomic E-state index is 0.116. The number of aromatic nitrogens is 1. The fourth-order valence-corrected chi connectivity index (χ4v) is 3.23. The molecule has 3 rings (SSSR count). The Labute approximate surface area is 149 Å². The molecule has 7 heteroatoms. The van der Waals surface area contributed by atoms with E-state index in [0.29, 0.717) is 5.13 Å². The van der Waals surface area contributed by atoms with Crippen molar-refractivity contribution in [2.24, 2.45) is 0 Å². The van der Waals surface area contributed by atoms with Crippen molar-refractivity contribution in [3.05, 3.63) is 54.1 Å². The summed E-state index contributed by atoms with van der Waals surface area (Å²) in [5.41, 5.74) is 2.65. The molecule has 0 radical (unpaired) electrons. The van der Waals surface area contributed by atoms with Crippen molar-refractivity contribution in [1.82, 2.24) is 10.3 Å². The first kappa shape index (κ1) is 16.9. The van der Waals surface area contributed by atoms with Gasteiger partial charge in [-0.05, 0) is 30.2 Å². The third-order valence-electron chi connectivity index (χ3n) is 3.60. The van der Waals surface area contributed by atoms with Gasteiger partial charge in [-0.25, -0.2) is 9.78 Å². The Morgan fingerprint density at radius 2 is 1.80 bits per heavy atom. The van der Waals surface area contributed by atoms with Crippen LogP contribution in [0.4, 0.5) is 15.6 Å². The first-order chi connectivity index (χ1) is 12.2. The number of rotatable bonds is 5. The molecule has 0 fully saturated rings. The standard InChI is InChI=1S/C18H18N4O2S/c1-2-12-7-3-4-8-13(12)20-16(23)11-19-17(24)22-18-21-14-9-5-6-10-15(14)25-18/h3-10H,2,11H2,1H3,(H,20,23)(H2,19,21,22,24). The highest BCUT2D eigenvalue weighted by atomic mass is 32.1. The van der Waals surface area contributed by atoms with Crippen LogP contribution in [-0.2, 0) is 11.2 Å². The predicted molar refractivity (Wildman–Crippen MR) is 101 cm³/mol. The molecule has 6 nitrogen and oxygen atoms in total. The Bertz CT molecular complexity index is 874. The quantitative estimate of drug-likeness (QED) is 0.654. The maximum atomic E-state index is 12.0. The van der Waals surface area contributed by atoms with E-state index in [0.717, 1.165) is 27.9 Å². The first-order valence-electron chi connectivity index (χ1n) is 7.94. The normalized spacial score (nSPS) is 10.4. The van der Waals surface area contributed by atoms with Crippen LogP contribution >= 0.6 is 11.3 Å². The summed E-state index contributed by atoms with van der Waals surface area (Å²) in [7, 11) is 0. The molecule has 2 aromatic carbocycles. The van der Waals surface area contributed by atoms with Crippen LogP contribution in [0.15, 0.2) is 48.5 Å². The number of carbonyl (C=O) groups is 2. The monoisotopic (exact) mass is 354 g/mol. The lowest BCUT2D eigenvalue weighted by molar-refractivity contribution is -0.115. The number of amides is 3. The molecule has 3 aromatic rings. The largest absolute Gasteiger partial charge is 0.329 e. The van der Waals surface area contributed by atoms with E-state index in [2.05, 4.69) is 20.9 Å². The van der Waals surface area contributed by atoms with Gasteiger partial charge in [0.25, 0.3) is 0 Å². The van der Waals surface area contributed by atoms with Gasteiger partial charge in [-0.1, -0.05) is 48.6 Å². The number of nitrogens with one attached hydrogen (secondary N) is 3. The van der Waals surface area contributed by atoms with Crippen molar-refractivity contribution in [2.45, 2.75) is 13.3 Å². The number of benzene rings is 2. The predicted octanol–water partition coefficient (Wildman–Crippen LogP) is 3.62. The molecule has 0 unspecified atom stereocenters. The Kier molecular flexibility index (Phi) is 5.25. The third-order valence-corrected chi connectivity index (χ3v) is 4.55. The molecule has 0 saturated carbocycles. The van der Waals surface area contributed by atoms with Gasteiger partial charge in [0, 0.05) is 5.69 Å². The van der Waals surface area contributed by atoms with Gasteiger partial charge in [0.2, 0.25) is 5.91 Å².